The first-order valence-corrected chi connectivity index (χ1v) is 9.72. The largest absolute Gasteiger partial charge is 0.459 e. The van der Waals surface area contributed by atoms with Gasteiger partial charge in [0.05, 0.1) is 6.04 Å². The molecular formula is C21H31N3O2. The van der Waals surface area contributed by atoms with Crippen molar-refractivity contribution in [3.63, 3.8) is 0 Å². The molecule has 1 fully saturated rings. The highest BCUT2D eigenvalue weighted by Crippen LogP contribution is 2.29. The van der Waals surface area contributed by atoms with E-state index < -0.39 is 0 Å². The predicted octanol–water partition coefficient (Wildman–Crippen LogP) is 4.22. The molecule has 2 N–H and O–H groups in total. The minimum absolute atomic E-state index is 0.144. The average Bonchev–Trinajstić information content (AvgIpc) is 2.97. The summed E-state index contributed by atoms with van der Waals surface area (Å²) in [4.78, 5) is 14.8. The number of para-hydroxylation sites is 1. The van der Waals surface area contributed by atoms with Crippen molar-refractivity contribution in [2.45, 2.75) is 52.6 Å². The van der Waals surface area contributed by atoms with Gasteiger partial charge >= 0.3 is 6.03 Å². The Labute approximate surface area is 156 Å². The van der Waals surface area contributed by atoms with Crippen LogP contribution in [0.15, 0.2) is 28.7 Å². The second kappa shape index (κ2) is 8.12. The fraction of sp³-hybridized carbons (Fsp3) is 0.571. The van der Waals surface area contributed by atoms with Crippen LogP contribution in [-0.2, 0) is 0 Å². The second-order valence-corrected chi connectivity index (χ2v) is 7.75. The van der Waals surface area contributed by atoms with Gasteiger partial charge in [-0.1, -0.05) is 25.1 Å². The van der Waals surface area contributed by atoms with Crippen LogP contribution in [0.25, 0.3) is 11.0 Å². The highest BCUT2D eigenvalue weighted by molar-refractivity contribution is 5.82. The van der Waals surface area contributed by atoms with E-state index in [4.69, 9.17) is 4.42 Å². The average molecular weight is 357 g/mol. The molecule has 0 aliphatic carbocycles. The van der Waals surface area contributed by atoms with E-state index in [2.05, 4.69) is 29.4 Å². The van der Waals surface area contributed by atoms with Gasteiger partial charge < -0.3 is 15.1 Å². The van der Waals surface area contributed by atoms with E-state index in [1.807, 2.05) is 38.1 Å². The number of fused-ring (bicyclic) bond motifs is 1. The van der Waals surface area contributed by atoms with Crippen LogP contribution in [0.5, 0.6) is 0 Å². The lowest BCUT2D eigenvalue weighted by molar-refractivity contribution is 0.137. The van der Waals surface area contributed by atoms with E-state index in [0.29, 0.717) is 12.6 Å². The molecule has 142 valence electrons. The van der Waals surface area contributed by atoms with E-state index >= 15 is 0 Å². The van der Waals surface area contributed by atoms with Crippen molar-refractivity contribution in [1.29, 1.82) is 0 Å². The van der Waals surface area contributed by atoms with Gasteiger partial charge in [-0.05, 0) is 52.1 Å². The van der Waals surface area contributed by atoms with Crippen LogP contribution < -0.4 is 10.6 Å². The second-order valence-electron chi connectivity index (χ2n) is 7.75. The third-order valence-electron chi connectivity index (χ3n) is 5.49. The Kier molecular flexibility index (Phi) is 5.87. The van der Waals surface area contributed by atoms with Gasteiger partial charge in [0.15, 0.2) is 0 Å². The van der Waals surface area contributed by atoms with Crippen molar-refractivity contribution in [2.75, 3.05) is 19.6 Å². The van der Waals surface area contributed by atoms with Gasteiger partial charge in [0.2, 0.25) is 0 Å². The molecule has 1 aromatic carbocycles. The molecule has 2 amide bonds. The molecule has 2 aromatic rings. The number of likely N-dealkylation sites (tertiary alicyclic amines) is 1. The molecule has 1 saturated heterocycles. The van der Waals surface area contributed by atoms with Gasteiger partial charge in [-0.25, -0.2) is 4.79 Å². The fourth-order valence-corrected chi connectivity index (χ4v) is 3.92. The summed E-state index contributed by atoms with van der Waals surface area (Å²) in [6.45, 7) is 11.4. The number of rotatable bonds is 5. The molecule has 0 unspecified atom stereocenters. The zero-order valence-electron chi connectivity index (χ0n) is 16.3. The molecule has 1 aliphatic rings. The minimum atomic E-state index is -0.173. The van der Waals surface area contributed by atoms with Crippen molar-refractivity contribution >= 4 is 17.0 Å². The molecule has 5 heteroatoms. The maximum Gasteiger partial charge on any atom is 0.315 e. The third kappa shape index (κ3) is 4.21. The van der Waals surface area contributed by atoms with Gasteiger partial charge in [-0.3, -0.25) is 4.90 Å². The Morgan fingerprint density at radius 1 is 1.35 bits per heavy atom. The van der Waals surface area contributed by atoms with E-state index in [1.165, 1.54) is 12.8 Å². The molecule has 5 nitrogen and oxygen atoms in total. The van der Waals surface area contributed by atoms with Crippen LogP contribution >= 0.6 is 0 Å². The number of piperidine rings is 1. The maximum atomic E-state index is 12.3. The van der Waals surface area contributed by atoms with Crippen LogP contribution in [0, 0.1) is 12.8 Å². The number of hydrogen-bond acceptors (Lipinski definition) is 3. The number of benzene rings is 1. The number of aryl methyl sites for hydroxylation is 1. The number of nitrogens with one attached hydrogen (secondary N) is 2. The predicted molar refractivity (Wildman–Crippen MR) is 105 cm³/mol. The summed E-state index contributed by atoms with van der Waals surface area (Å²) < 4.78 is 5.94. The number of urea groups is 1. The van der Waals surface area contributed by atoms with E-state index in [9.17, 15) is 4.79 Å². The Balaban J connectivity index is 1.53. The molecule has 2 heterocycles. The van der Waals surface area contributed by atoms with Crippen LogP contribution in [0.3, 0.4) is 0 Å². The summed E-state index contributed by atoms with van der Waals surface area (Å²) in [5.41, 5.74) is 1.95. The lowest BCUT2D eigenvalue weighted by Crippen LogP contribution is -2.48. The normalized spacial score (nSPS) is 20.7. The van der Waals surface area contributed by atoms with Crippen LogP contribution in [0.4, 0.5) is 4.79 Å². The number of nitrogens with zero attached hydrogens (tertiary/aromatic N) is 1. The zero-order chi connectivity index (χ0) is 18.7. The van der Waals surface area contributed by atoms with Crippen LogP contribution in [0.1, 0.15) is 51.0 Å². The number of amides is 2. The highest BCUT2D eigenvalue weighted by atomic mass is 16.3. The Morgan fingerprint density at radius 2 is 2.12 bits per heavy atom. The van der Waals surface area contributed by atoms with Gasteiger partial charge in [-0.2, -0.15) is 0 Å². The number of hydrogen-bond donors (Lipinski definition) is 2. The van der Waals surface area contributed by atoms with E-state index in [-0.39, 0.29) is 12.1 Å². The van der Waals surface area contributed by atoms with Crippen LogP contribution in [0.2, 0.25) is 0 Å². The molecule has 0 saturated carbocycles. The molecule has 0 bridgehead atoms. The maximum absolute atomic E-state index is 12.3. The summed E-state index contributed by atoms with van der Waals surface area (Å²) in [6.07, 6.45) is 2.56. The lowest BCUT2D eigenvalue weighted by Gasteiger charge is -2.35. The first-order valence-electron chi connectivity index (χ1n) is 9.72. The SMILES string of the molecule is Cc1c([C@H](C)NC(=O)NC[C@@H](C)N2CCC[C@H](C)C2)oc2ccccc12. The van der Waals surface area contributed by atoms with E-state index in [0.717, 1.165) is 41.3 Å². The lowest BCUT2D eigenvalue weighted by atomic mass is 9.99. The van der Waals surface area contributed by atoms with Crippen molar-refractivity contribution < 1.29 is 9.21 Å². The zero-order valence-corrected chi connectivity index (χ0v) is 16.3. The molecule has 3 atom stereocenters. The molecule has 1 aliphatic heterocycles. The Hall–Kier alpha value is -2.01. The van der Waals surface area contributed by atoms with Gasteiger partial charge in [0.1, 0.15) is 11.3 Å². The van der Waals surface area contributed by atoms with Crippen molar-refractivity contribution in [2.24, 2.45) is 5.92 Å². The summed E-state index contributed by atoms with van der Waals surface area (Å²) in [6, 6.07) is 8.00. The number of furan rings is 1. The quantitative estimate of drug-likeness (QED) is 0.842. The highest BCUT2D eigenvalue weighted by Gasteiger charge is 2.22. The topological polar surface area (TPSA) is 57.5 Å². The monoisotopic (exact) mass is 357 g/mol. The summed E-state index contributed by atoms with van der Waals surface area (Å²) >= 11 is 0. The van der Waals surface area contributed by atoms with E-state index in [1.54, 1.807) is 0 Å². The number of carbonyl (C=O) groups excluding carboxylic acids is 1. The Morgan fingerprint density at radius 3 is 2.85 bits per heavy atom. The van der Waals surface area contributed by atoms with Crippen molar-refractivity contribution in [3.8, 4) is 0 Å². The molecule has 0 spiro atoms. The minimum Gasteiger partial charge on any atom is -0.459 e. The van der Waals surface area contributed by atoms with Gasteiger partial charge in [0, 0.05) is 30.1 Å². The standard InChI is InChI=1S/C21H31N3O2/c1-14-8-7-11-24(13-14)15(2)12-22-21(25)23-17(4)20-16(3)18-9-5-6-10-19(18)26-20/h5-6,9-10,14-15,17H,7-8,11-13H2,1-4H3,(H2,22,23,25)/t14-,15+,17-/m0/s1. The number of carbonyl (C=O) groups is 1. The van der Waals surface area contributed by atoms with Gasteiger partial charge in [-0.15, -0.1) is 0 Å². The van der Waals surface area contributed by atoms with Crippen molar-refractivity contribution in [3.05, 3.63) is 35.6 Å². The first-order chi connectivity index (χ1) is 12.5. The smallest absolute Gasteiger partial charge is 0.315 e. The summed E-state index contributed by atoms with van der Waals surface area (Å²) in [5, 5.41) is 7.12. The summed E-state index contributed by atoms with van der Waals surface area (Å²) in [7, 11) is 0. The molecular weight excluding hydrogens is 326 g/mol. The van der Waals surface area contributed by atoms with Crippen molar-refractivity contribution in [1.82, 2.24) is 15.5 Å². The van der Waals surface area contributed by atoms with Gasteiger partial charge in [0.25, 0.3) is 0 Å². The molecule has 0 radical (unpaired) electrons. The fourth-order valence-electron chi connectivity index (χ4n) is 3.92. The molecule has 3 rings (SSSR count). The first kappa shape index (κ1) is 18.8. The van der Waals surface area contributed by atoms with Crippen LogP contribution in [-0.4, -0.2) is 36.6 Å². The molecule has 1 aromatic heterocycles. The Bertz CT molecular complexity index is 755. The molecule has 26 heavy (non-hydrogen) atoms. The third-order valence-corrected chi connectivity index (χ3v) is 5.49. The summed E-state index contributed by atoms with van der Waals surface area (Å²) in [5.74, 6) is 1.57.